The van der Waals surface area contributed by atoms with Gasteiger partial charge in [-0.25, -0.2) is 0 Å². The van der Waals surface area contributed by atoms with Crippen LogP contribution < -0.4 is 0 Å². The summed E-state index contributed by atoms with van der Waals surface area (Å²) in [7, 11) is 2.96. The molecule has 0 amide bonds. The van der Waals surface area contributed by atoms with Crippen LogP contribution in [0.15, 0.2) is 34.6 Å². The maximum Gasteiger partial charge on any atom is 0.115 e. The smallest absolute Gasteiger partial charge is 0.115 e. The van der Waals surface area contributed by atoms with E-state index in [1.54, 1.807) is 30.5 Å². The van der Waals surface area contributed by atoms with E-state index in [0.29, 0.717) is 12.1 Å². The highest BCUT2D eigenvalue weighted by Crippen LogP contribution is 2.11. The van der Waals surface area contributed by atoms with Gasteiger partial charge in [0.15, 0.2) is 0 Å². The van der Waals surface area contributed by atoms with Gasteiger partial charge in [-0.05, 0) is 29.8 Å². The van der Waals surface area contributed by atoms with Gasteiger partial charge in [0.25, 0.3) is 0 Å². The minimum absolute atomic E-state index is 0.214. The molecule has 0 bridgehead atoms. The average Bonchev–Trinajstić information content (AvgIpc) is 2.29. The van der Waals surface area contributed by atoms with E-state index in [1.807, 2.05) is 0 Å². The molecule has 1 aromatic carbocycles. The van der Waals surface area contributed by atoms with Crippen LogP contribution in [0, 0.1) is 0 Å². The van der Waals surface area contributed by atoms with Gasteiger partial charge in [0.05, 0.1) is 5.71 Å². The molecule has 1 N–H and O–H groups in total. The molecule has 0 heterocycles. The molecule has 0 saturated carbocycles. The standard InChI is InChI=1S/C11H14N2O3/c1-15-12-8-7-11(13-16-2)9-3-5-10(14)6-4-9/h3-6,8,14H,7H2,1-2H3/b12-8+,13-11-. The van der Waals surface area contributed by atoms with E-state index in [4.69, 9.17) is 9.94 Å². The van der Waals surface area contributed by atoms with Gasteiger partial charge in [0.1, 0.15) is 20.0 Å². The molecule has 0 fully saturated rings. The van der Waals surface area contributed by atoms with Crippen LogP contribution in [0.5, 0.6) is 5.75 Å². The molecule has 0 atom stereocenters. The first kappa shape index (κ1) is 12.0. The van der Waals surface area contributed by atoms with Gasteiger partial charge in [-0.3, -0.25) is 0 Å². The van der Waals surface area contributed by atoms with Gasteiger partial charge in [-0.15, -0.1) is 0 Å². The number of phenolic OH excluding ortho intramolecular Hbond substituents is 1. The van der Waals surface area contributed by atoms with E-state index in [1.165, 1.54) is 14.2 Å². The van der Waals surface area contributed by atoms with Crippen molar-refractivity contribution in [3.05, 3.63) is 29.8 Å². The topological polar surface area (TPSA) is 63.4 Å². The first-order valence-corrected chi connectivity index (χ1v) is 4.72. The molecule has 0 spiro atoms. The number of aromatic hydroxyl groups is 1. The second kappa shape index (κ2) is 6.44. The SMILES string of the molecule is CO/N=C(/C/C=N/OC)c1ccc(O)cc1. The molecule has 1 rings (SSSR count). The monoisotopic (exact) mass is 222 g/mol. The van der Waals surface area contributed by atoms with E-state index in [2.05, 4.69) is 15.1 Å². The summed E-state index contributed by atoms with van der Waals surface area (Å²) in [6.45, 7) is 0. The number of hydrogen-bond donors (Lipinski definition) is 1. The molecule has 86 valence electrons. The van der Waals surface area contributed by atoms with Crippen LogP contribution in [0.1, 0.15) is 12.0 Å². The van der Waals surface area contributed by atoms with Crippen LogP contribution in [0.4, 0.5) is 0 Å². The first-order valence-electron chi connectivity index (χ1n) is 4.72. The summed E-state index contributed by atoms with van der Waals surface area (Å²) in [4.78, 5) is 9.30. The maximum absolute atomic E-state index is 9.17. The van der Waals surface area contributed by atoms with Gasteiger partial charge in [-0.2, -0.15) is 0 Å². The van der Waals surface area contributed by atoms with Crippen molar-refractivity contribution in [1.82, 2.24) is 0 Å². The zero-order valence-electron chi connectivity index (χ0n) is 9.25. The summed E-state index contributed by atoms with van der Waals surface area (Å²) in [6.07, 6.45) is 2.08. The lowest BCUT2D eigenvalue weighted by Gasteiger charge is -2.02. The highest BCUT2D eigenvalue weighted by Gasteiger charge is 2.03. The highest BCUT2D eigenvalue weighted by molar-refractivity contribution is 6.07. The van der Waals surface area contributed by atoms with Crippen molar-refractivity contribution in [2.75, 3.05) is 14.2 Å². The molecule has 16 heavy (non-hydrogen) atoms. The van der Waals surface area contributed by atoms with Crippen LogP contribution in [-0.4, -0.2) is 31.3 Å². The average molecular weight is 222 g/mol. The van der Waals surface area contributed by atoms with Crippen molar-refractivity contribution in [3.63, 3.8) is 0 Å². The molecule has 0 aromatic heterocycles. The maximum atomic E-state index is 9.17. The van der Waals surface area contributed by atoms with Gasteiger partial charge >= 0.3 is 0 Å². The largest absolute Gasteiger partial charge is 0.508 e. The van der Waals surface area contributed by atoms with Crippen LogP contribution in [-0.2, 0) is 9.68 Å². The van der Waals surface area contributed by atoms with E-state index < -0.39 is 0 Å². The summed E-state index contributed by atoms with van der Waals surface area (Å²) >= 11 is 0. The summed E-state index contributed by atoms with van der Waals surface area (Å²) in [5, 5.41) is 16.7. The Morgan fingerprint density at radius 3 is 2.50 bits per heavy atom. The second-order valence-corrected chi connectivity index (χ2v) is 2.94. The van der Waals surface area contributed by atoms with Crippen molar-refractivity contribution in [1.29, 1.82) is 0 Å². The molecule has 5 heteroatoms. The summed E-state index contributed by atoms with van der Waals surface area (Å²) in [6, 6.07) is 6.70. The molecule has 5 nitrogen and oxygen atoms in total. The zero-order chi connectivity index (χ0) is 11.8. The Kier molecular flexibility index (Phi) is 4.85. The highest BCUT2D eigenvalue weighted by atomic mass is 16.6. The molecule has 1 aromatic rings. The molecule has 0 radical (unpaired) electrons. The lowest BCUT2D eigenvalue weighted by Crippen LogP contribution is -2.02. The molecule has 0 aliphatic rings. The van der Waals surface area contributed by atoms with Crippen LogP contribution in [0.2, 0.25) is 0 Å². The Morgan fingerprint density at radius 1 is 1.25 bits per heavy atom. The van der Waals surface area contributed by atoms with Crippen molar-refractivity contribution in [2.24, 2.45) is 10.3 Å². The van der Waals surface area contributed by atoms with Crippen molar-refractivity contribution in [2.45, 2.75) is 6.42 Å². The Balaban J connectivity index is 2.81. The third-order valence-corrected chi connectivity index (χ3v) is 1.87. The van der Waals surface area contributed by atoms with E-state index >= 15 is 0 Å². The number of nitrogens with zero attached hydrogens (tertiary/aromatic N) is 2. The number of rotatable bonds is 5. The number of hydrogen-bond acceptors (Lipinski definition) is 5. The Bertz CT molecular complexity index is 371. The van der Waals surface area contributed by atoms with Crippen LogP contribution >= 0.6 is 0 Å². The van der Waals surface area contributed by atoms with Crippen LogP contribution in [0.25, 0.3) is 0 Å². The summed E-state index contributed by atoms with van der Waals surface area (Å²) in [5.41, 5.74) is 1.57. The number of benzene rings is 1. The Morgan fingerprint density at radius 2 is 1.94 bits per heavy atom. The third kappa shape index (κ3) is 3.61. The fourth-order valence-corrected chi connectivity index (χ4v) is 1.17. The minimum Gasteiger partial charge on any atom is -0.508 e. The number of oxime groups is 2. The molecular weight excluding hydrogens is 208 g/mol. The van der Waals surface area contributed by atoms with Gasteiger partial charge in [0.2, 0.25) is 0 Å². The third-order valence-electron chi connectivity index (χ3n) is 1.87. The Labute approximate surface area is 94.0 Å². The first-order chi connectivity index (χ1) is 7.77. The lowest BCUT2D eigenvalue weighted by atomic mass is 10.1. The number of phenols is 1. The van der Waals surface area contributed by atoms with E-state index in [0.717, 1.165) is 5.56 Å². The molecule has 0 saturated heterocycles. The van der Waals surface area contributed by atoms with Crippen LogP contribution in [0.3, 0.4) is 0 Å². The fraction of sp³-hybridized carbons (Fsp3) is 0.273. The molecule has 0 aliphatic carbocycles. The van der Waals surface area contributed by atoms with E-state index in [-0.39, 0.29) is 5.75 Å². The summed E-state index contributed by atoms with van der Waals surface area (Å²) in [5.74, 6) is 0.214. The summed E-state index contributed by atoms with van der Waals surface area (Å²) < 4.78 is 0. The quantitative estimate of drug-likeness (QED) is 0.610. The van der Waals surface area contributed by atoms with Gasteiger partial charge in [-0.1, -0.05) is 10.3 Å². The minimum atomic E-state index is 0.214. The zero-order valence-corrected chi connectivity index (χ0v) is 9.25. The van der Waals surface area contributed by atoms with Gasteiger partial charge in [0, 0.05) is 12.6 Å². The molecule has 0 unspecified atom stereocenters. The fourth-order valence-electron chi connectivity index (χ4n) is 1.17. The second-order valence-electron chi connectivity index (χ2n) is 2.94. The lowest BCUT2D eigenvalue weighted by molar-refractivity contribution is 0.212. The van der Waals surface area contributed by atoms with E-state index in [9.17, 15) is 0 Å². The van der Waals surface area contributed by atoms with Crippen molar-refractivity contribution >= 4 is 11.9 Å². The van der Waals surface area contributed by atoms with Crippen molar-refractivity contribution < 1.29 is 14.8 Å². The predicted molar refractivity (Wildman–Crippen MR) is 61.8 cm³/mol. The van der Waals surface area contributed by atoms with Crippen molar-refractivity contribution in [3.8, 4) is 5.75 Å². The normalized spacial score (nSPS) is 11.8. The Hall–Kier alpha value is -2.04. The molecule has 0 aliphatic heterocycles. The predicted octanol–water partition coefficient (Wildman–Crippen LogP) is 1.77. The molecular formula is C11H14N2O3. The van der Waals surface area contributed by atoms with Gasteiger partial charge < -0.3 is 14.8 Å².